The summed E-state index contributed by atoms with van der Waals surface area (Å²) in [4.78, 5) is 23.6. The molecule has 19 heavy (non-hydrogen) atoms. The smallest absolute Gasteiger partial charge is 0.330 e. The van der Waals surface area contributed by atoms with Gasteiger partial charge in [-0.1, -0.05) is 0 Å². The first-order valence-electron chi connectivity index (χ1n) is 5.12. The van der Waals surface area contributed by atoms with Gasteiger partial charge in [0.1, 0.15) is 6.10 Å². The van der Waals surface area contributed by atoms with Crippen LogP contribution in [0.4, 0.5) is 13.2 Å². The molecule has 1 aliphatic heterocycles. The molecule has 2 heterocycles. The Bertz CT molecular complexity index is 598. The third-order valence-corrected chi connectivity index (χ3v) is 2.74. The molecule has 0 unspecified atom stereocenters. The van der Waals surface area contributed by atoms with Gasteiger partial charge in [0.2, 0.25) is 12.0 Å². The second-order valence-corrected chi connectivity index (χ2v) is 3.97. The van der Waals surface area contributed by atoms with Gasteiger partial charge >= 0.3 is 11.6 Å². The molecule has 3 N–H and O–H groups in total. The van der Waals surface area contributed by atoms with Gasteiger partial charge in [0, 0.05) is 0 Å². The van der Waals surface area contributed by atoms with Gasteiger partial charge in [-0.3, -0.25) is 14.3 Å². The SMILES string of the molecule is O=c1[nH]c(=O)n([C@@H]2O[C@@H](CO)[C@H](O)C2(F)F)cc1F. The summed E-state index contributed by atoms with van der Waals surface area (Å²) < 4.78 is 45.1. The molecule has 1 saturated heterocycles. The first kappa shape index (κ1) is 13.8. The van der Waals surface area contributed by atoms with Crippen LogP contribution in [-0.2, 0) is 4.74 Å². The van der Waals surface area contributed by atoms with Crippen molar-refractivity contribution in [1.29, 1.82) is 0 Å². The number of aromatic amines is 1. The van der Waals surface area contributed by atoms with Crippen molar-refractivity contribution in [3.05, 3.63) is 32.9 Å². The molecule has 1 aliphatic rings. The minimum Gasteiger partial charge on any atom is -0.394 e. The molecule has 7 nitrogen and oxygen atoms in total. The topological polar surface area (TPSA) is 105 Å². The van der Waals surface area contributed by atoms with Crippen molar-refractivity contribution in [2.45, 2.75) is 24.4 Å². The number of rotatable bonds is 2. The quantitative estimate of drug-likeness (QED) is 0.616. The number of halogens is 3. The Labute approximate surface area is 102 Å². The van der Waals surface area contributed by atoms with E-state index in [0.29, 0.717) is 0 Å². The van der Waals surface area contributed by atoms with Crippen LogP contribution in [0.15, 0.2) is 15.8 Å². The molecule has 2 rings (SSSR count). The van der Waals surface area contributed by atoms with Crippen molar-refractivity contribution in [2.75, 3.05) is 6.61 Å². The highest BCUT2D eigenvalue weighted by molar-refractivity contribution is 4.98. The minimum absolute atomic E-state index is 0.121. The fraction of sp³-hybridized carbons (Fsp3) is 0.556. The molecule has 0 amide bonds. The van der Waals surface area contributed by atoms with E-state index in [1.807, 2.05) is 0 Å². The highest BCUT2D eigenvalue weighted by atomic mass is 19.3. The maximum Gasteiger partial charge on any atom is 0.330 e. The fourth-order valence-corrected chi connectivity index (χ4v) is 1.75. The maximum atomic E-state index is 13.7. The third kappa shape index (κ3) is 2.07. The average molecular weight is 282 g/mol. The van der Waals surface area contributed by atoms with Crippen LogP contribution >= 0.6 is 0 Å². The van der Waals surface area contributed by atoms with E-state index in [1.165, 1.54) is 4.98 Å². The minimum atomic E-state index is -3.93. The van der Waals surface area contributed by atoms with E-state index in [9.17, 15) is 27.9 Å². The van der Waals surface area contributed by atoms with Gasteiger partial charge in [-0.2, -0.15) is 13.2 Å². The molecule has 0 aliphatic carbocycles. The molecule has 106 valence electrons. The van der Waals surface area contributed by atoms with Crippen LogP contribution in [0.2, 0.25) is 0 Å². The lowest BCUT2D eigenvalue weighted by Crippen LogP contribution is -2.43. The number of aromatic nitrogens is 2. The Hall–Kier alpha value is -1.65. The molecule has 0 spiro atoms. The van der Waals surface area contributed by atoms with Crippen molar-refractivity contribution in [3.63, 3.8) is 0 Å². The summed E-state index contributed by atoms with van der Waals surface area (Å²) in [5.41, 5.74) is -2.68. The van der Waals surface area contributed by atoms with Crippen molar-refractivity contribution < 1.29 is 28.1 Å². The summed E-state index contributed by atoms with van der Waals surface area (Å²) in [7, 11) is 0. The van der Waals surface area contributed by atoms with Crippen LogP contribution in [0.3, 0.4) is 0 Å². The fourth-order valence-electron chi connectivity index (χ4n) is 1.75. The Kier molecular flexibility index (Phi) is 3.24. The molecule has 3 atom stereocenters. The highest BCUT2D eigenvalue weighted by Gasteiger charge is 2.59. The second-order valence-electron chi connectivity index (χ2n) is 3.97. The number of aliphatic hydroxyl groups is 2. The number of nitrogens with one attached hydrogen (secondary N) is 1. The zero-order chi connectivity index (χ0) is 14.4. The Morgan fingerprint density at radius 3 is 2.63 bits per heavy atom. The van der Waals surface area contributed by atoms with Crippen LogP contribution in [-0.4, -0.2) is 44.5 Å². The van der Waals surface area contributed by atoms with Gasteiger partial charge in [0.25, 0.3) is 5.56 Å². The van der Waals surface area contributed by atoms with Crippen LogP contribution in [0.25, 0.3) is 0 Å². The number of nitrogens with zero attached hydrogens (tertiary/aromatic N) is 1. The van der Waals surface area contributed by atoms with Gasteiger partial charge in [-0.15, -0.1) is 0 Å². The molecule has 1 fully saturated rings. The first-order chi connectivity index (χ1) is 8.78. The Morgan fingerprint density at radius 2 is 2.11 bits per heavy atom. The molecule has 0 aromatic carbocycles. The van der Waals surface area contributed by atoms with Crippen LogP contribution < -0.4 is 11.2 Å². The summed E-state index contributed by atoms with van der Waals surface area (Å²) in [5, 5.41) is 18.0. The molecule has 1 aromatic rings. The Balaban J connectivity index is 2.51. The van der Waals surface area contributed by atoms with E-state index >= 15 is 0 Å². The van der Waals surface area contributed by atoms with E-state index in [2.05, 4.69) is 4.74 Å². The van der Waals surface area contributed by atoms with E-state index in [4.69, 9.17) is 5.11 Å². The molecule has 1 aromatic heterocycles. The van der Waals surface area contributed by atoms with Crippen molar-refractivity contribution in [1.82, 2.24) is 9.55 Å². The molecular weight excluding hydrogens is 273 g/mol. The number of alkyl halides is 2. The third-order valence-electron chi connectivity index (χ3n) is 2.74. The zero-order valence-corrected chi connectivity index (χ0v) is 9.22. The summed E-state index contributed by atoms with van der Waals surface area (Å²) in [6, 6.07) is 0. The molecule has 10 heteroatoms. The van der Waals surface area contributed by atoms with E-state index in [-0.39, 0.29) is 10.8 Å². The summed E-state index contributed by atoms with van der Waals surface area (Å²) >= 11 is 0. The number of ether oxygens (including phenoxy) is 1. The molecular formula is C9H9F3N2O5. The van der Waals surface area contributed by atoms with E-state index < -0.39 is 48.0 Å². The standard InChI is InChI=1S/C9H9F3N2O5/c10-3-1-14(8(18)13-6(3)17)7-9(11,12)5(16)4(2-15)19-7/h1,4-5,7,15-16H,2H2,(H,13,17,18)/t4-,5-,7+/m0/s1. The van der Waals surface area contributed by atoms with Crippen LogP contribution in [0.1, 0.15) is 6.23 Å². The first-order valence-corrected chi connectivity index (χ1v) is 5.12. The number of hydrogen-bond acceptors (Lipinski definition) is 5. The predicted molar refractivity (Wildman–Crippen MR) is 53.2 cm³/mol. The second kappa shape index (κ2) is 4.47. The molecule has 0 bridgehead atoms. The normalized spacial score (nSPS) is 29.6. The monoisotopic (exact) mass is 282 g/mol. The van der Waals surface area contributed by atoms with Crippen molar-refractivity contribution in [3.8, 4) is 0 Å². The maximum absolute atomic E-state index is 13.7. The molecule has 0 radical (unpaired) electrons. The van der Waals surface area contributed by atoms with Crippen molar-refractivity contribution >= 4 is 0 Å². The lowest BCUT2D eigenvalue weighted by molar-refractivity contribution is -0.141. The summed E-state index contributed by atoms with van der Waals surface area (Å²) in [6.07, 6.45) is -6.04. The van der Waals surface area contributed by atoms with Gasteiger partial charge < -0.3 is 14.9 Å². The van der Waals surface area contributed by atoms with Crippen LogP contribution in [0, 0.1) is 5.82 Å². The largest absolute Gasteiger partial charge is 0.394 e. The zero-order valence-electron chi connectivity index (χ0n) is 9.22. The average Bonchev–Trinajstić information content (AvgIpc) is 2.56. The van der Waals surface area contributed by atoms with Crippen molar-refractivity contribution in [2.24, 2.45) is 0 Å². The van der Waals surface area contributed by atoms with E-state index in [0.717, 1.165) is 0 Å². The van der Waals surface area contributed by atoms with Crippen LogP contribution in [0.5, 0.6) is 0 Å². The van der Waals surface area contributed by atoms with Gasteiger partial charge in [-0.25, -0.2) is 4.79 Å². The van der Waals surface area contributed by atoms with Gasteiger partial charge in [0.05, 0.1) is 12.8 Å². The lowest BCUT2D eigenvalue weighted by Gasteiger charge is -2.20. The number of aliphatic hydroxyl groups excluding tert-OH is 2. The predicted octanol–water partition coefficient (Wildman–Crippen LogP) is -1.44. The summed E-state index contributed by atoms with van der Waals surface area (Å²) in [5.74, 6) is -5.39. The highest BCUT2D eigenvalue weighted by Crippen LogP contribution is 2.41. The number of hydrogen-bond donors (Lipinski definition) is 3. The van der Waals surface area contributed by atoms with Gasteiger partial charge in [-0.05, 0) is 0 Å². The lowest BCUT2D eigenvalue weighted by atomic mass is 10.1. The van der Waals surface area contributed by atoms with E-state index in [1.54, 1.807) is 0 Å². The Morgan fingerprint density at radius 1 is 1.47 bits per heavy atom. The summed E-state index contributed by atoms with van der Waals surface area (Å²) in [6.45, 7) is -0.909. The molecule has 0 saturated carbocycles. The van der Waals surface area contributed by atoms with Gasteiger partial charge in [0.15, 0.2) is 6.10 Å². The number of H-pyrrole nitrogens is 1.